The van der Waals surface area contributed by atoms with E-state index in [0.717, 1.165) is 19.6 Å². The molecule has 9 nitrogen and oxygen atoms in total. The molecule has 0 spiro atoms. The van der Waals surface area contributed by atoms with E-state index >= 15 is 0 Å². The molecule has 10 heteroatoms. The molecule has 0 aliphatic carbocycles. The summed E-state index contributed by atoms with van der Waals surface area (Å²) in [7, 11) is 0. The number of fused-ring (bicyclic) bond motifs is 1. The smallest absolute Gasteiger partial charge is 0.255 e. The average Bonchev–Trinajstić information content (AvgIpc) is 3.25. The van der Waals surface area contributed by atoms with Crippen LogP contribution in [0.4, 0.5) is 10.1 Å². The van der Waals surface area contributed by atoms with Crippen molar-refractivity contribution in [1.82, 2.24) is 15.1 Å². The predicted octanol–water partition coefficient (Wildman–Crippen LogP) is 1.91. The summed E-state index contributed by atoms with van der Waals surface area (Å²) in [5.74, 6) is -1.51. The summed E-state index contributed by atoms with van der Waals surface area (Å²) in [6, 6.07) is 7.88. The molecule has 0 aromatic heterocycles. The Kier molecular flexibility index (Phi) is 6.77. The van der Waals surface area contributed by atoms with E-state index in [4.69, 9.17) is 10.8 Å². The Labute approximate surface area is 209 Å². The van der Waals surface area contributed by atoms with Gasteiger partial charge < -0.3 is 19.7 Å². The van der Waals surface area contributed by atoms with Gasteiger partial charge in [0.15, 0.2) is 0 Å². The first kappa shape index (κ1) is 22.9. The lowest BCUT2D eigenvalue weighted by atomic mass is 10.0. The van der Waals surface area contributed by atoms with Gasteiger partial charge in [0.05, 0.1) is 14.6 Å². The second-order valence-electron chi connectivity index (χ2n) is 8.96. The van der Waals surface area contributed by atoms with Gasteiger partial charge in [0, 0.05) is 61.5 Å². The van der Waals surface area contributed by atoms with Gasteiger partial charge in [0.25, 0.3) is 5.91 Å². The molecule has 5 rings (SSSR count). The lowest BCUT2D eigenvalue weighted by molar-refractivity contribution is -0.136. The number of anilines is 1. The molecule has 2 fully saturated rings. The molecular weight excluding hydrogens is 467 g/mol. The van der Waals surface area contributed by atoms with Crippen molar-refractivity contribution < 1.29 is 29.6 Å². The van der Waals surface area contributed by atoms with Crippen LogP contribution in [-0.2, 0) is 27.4 Å². The summed E-state index contributed by atoms with van der Waals surface area (Å²) in [6.45, 7) is 4.60. The van der Waals surface area contributed by atoms with Gasteiger partial charge in [-0.25, -0.2) is 4.39 Å². The molecule has 3 amide bonds. The van der Waals surface area contributed by atoms with E-state index in [1.54, 1.807) is 30.3 Å². The predicted molar refractivity (Wildman–Crippen MR) is 129 cm³/mol. The second kappa shape index (κ2) is 10.6. The van der Waals surface area contributed by atoms with Gasteiger partial charge in [0.2, 0.25) is 11.8 Å². The molecular formula is C26H29FN4O5. The Morgan fingerprint density at radius 3 is 2.83 bits per heavy atom. The van der Waals surface area contributed by atoms with Crippen LogP contribution < -0.4 is 15.4 Å². The Bertz CT molecular complexity index is 1220. The maximum absolute atomic E-state index is 14.6. The third-order valence-electron chi connectivity index (χ3n) is 6.66. The number of benzene rings is 2. The first-order valence-electron chi connectivity index (χ1n) is 12.6. The molecule has 2 aromatic rings. The van der Waals surface area contributed by atoms with E-state index in [0.29, 0.717) is 47.9 Å². The van der Waals surface area contributed by atoms with Gasteiger partial charge in [-0.05, 0) is 36.8 Å². The molecule has 1 atom stereocenters. The number of nitrogens with zero attached hydrogens (tertiary/aromatic N) is 2. The number of halogens is 1. The standard InChI is InChI=1S/C26H29FN4O5/c27-21-5-4-18(36-13-10-30-8-11-35-12-9-30)14-17(21)15-28-22-3-1-2-19-20(22)16-31(26(19)34)23-6-7-24(32)29-25(23)33/h1-5,14,23,28H,6-13,15-16H2,(H,29,32,33)/t23-/m0/s1/i23D. The molecule has 0 unspecified atom stereocenters. The highest BCUT2D eigenvalue weighted by molar-refractivity contribution is 6.06. The number of hydrogen-bond donors (Lipinski definition) is 2. The lowest BCUT2D eigenvalue weighted by Crippen LogP contribution is -2.52. The molecule has 3 aliphatic rings. The number of piperidine rings is 1. The minimum atomic E-state index is -1.86. The van der Waals surface area contributed by atoms with Gasteiger partial charge in [-0.15, -0.1) is 0 Å². The number of ether oxygens (including phenoxy) is 2. The van der Waals surface area contributed by atoms with Crippen LogP contribution >= 0.6 is 0 Å². The fourth-order valence-corrected chi connectivity index (χ4v) is 4.66. The number of hydrogen-bond acceptors (Lipinski definition) is 7. The van der Waals surface area contributed by atoms with Crippen LogP contribution in [0.1, 0.15) is 35.7 Å². The van der Waals surface area contributed by atoms with E-state index in [-0.39, 0.29) is 31.7 Å². The van der Waals surface area contributed by atoms with Gasteiger partial charge in [-0.3, -0.25) is 24.6 Å². The number of carbonyl (C=O) groups is 3. The largest absolute Gasteiger partial charge is 0.492 e. The second-order valence-corrected chi connectivity index (χ2v) is 8.96. The summed E-state index contributed by atoms with van der Waals surface area (Å²) < 4.78 is 34.4. The van der Waals surface area contributed by atoms with Crippen molar-refractivity contribution in [2.45, 2.75) is 31.9 Å². The zero-order valence-electron chi connectivity index (χ0n) is 20.8. The monoisotopic (exact) mass is 497 g/mol. The van der Waals surface area contributed by atoms with Crippen molar-refractivity contribution in [2.24, 2.45) is 0 Å². The summed E-state index contributed by atoms with van der Waals surface area (Å²) in [5.41, 5.74) is 2.02. The zero-order valence-corrected chi connectivity index (χ0v) is 19.8. The molecule has 3 heterocycles. The third kappa shape index (κ3) is 5.19. The zero-order chi connectivity index (χ0) is 26.0. The van der Waals surface area contributed by atoms with E-state index < -0.39 is 23.7 Å². The van der Waals surface area contributed by atoms with Crippen molar-refractivity contribution in [3.63, 3.8) is 0 Å². The third-order valence-corrected chi connectivity index (χ3v) is 6.66. The molecule has 0 saturated carbocycles. The lowest BCUT2D eigenvalue weighted by Gasteiger charge is -2.29. The summed E-state index contributed by atoms with van der Waals surface area (Å²) in [4.78, 5) is 40.5. The van der Waals surface area contributed by atoms with Crippen molar-refractivity contribution in [3.8, 4) is 5.75 Å². The van der Waals surface area contributed by atoms with Crippen LogP contribution in [0.15, 0.2) is 36.4 Å². The van der Waals surface area contributed by atoms with Gasteiger partial charge in [0.1, 0.15) is 24.2 Å². The average molecular weight is 498 g/mol. The van der Waals surface area contributed by atoms with Crippen molar-refractivity contribution in [1.29, 1.82) is 0 Å². The highest BCUT2D eigenvalue weighted by Crippen LogP contribution is 2.32. The first-order chi connectivity index (χ1) is 17.8. The molecule has 2 N–H and O–H groups in total. The number of morpholine rings is 1. The Morgan fingerprint density at radius 1 is 1.19 bits per heavy atom. The SMILES string of the molecule is [2H][C@]1(N2Cc3c(NCc4cc(OCCN5CCOCC5)ccc4F)cccc3C2=O)CCC(=O)NC1=O. The number of carbonyl (C=O) groups excluding carboxylic acids is 3. The number of imide groups is 1. The van der Waals surface area contributed by atoms with Crippen LogP contribution in [0, 0.1) is 5.82 Å². The molecule has 190 valence electrons. The van der Waals surface area contributed by atoms with Gasteiger partial charge in [-0.2, -0.15) is 0 Å². The van der Waals surface area contributed by atoms with Crippen molar-refractivity contribution in [3.05, 3.63) is 58.9 Å². The summed E-state index contributed by atoms with van der Waals surface area (Å²) in [5, 5.41) is 5.36. The van der Waals surface area contributed by atoms with Gasteiger partial charge in [-0.1, -0.05) is 6.07 Å². The molecule has 2 saturated heterocycles. The Morgan fingerprint density at radius 2 is 2.03 bits per heavy atom. The normalized spacial score (nSPS) is 22.8. The van der Waals surface area contributed by atoms with Crippen LogP contribution in [-0.4, -0.2) is 73.0 Å². The fourth-order valence-electron chi connectivity index (χ4n) is 4.66. The van der Waals surface area contributed by atoms with Crippen LogP contribution in [0.5, 0.6) is 5.75 Å². The van der Waals surface area contributed by atoms with Crippen molar-refractivity contribution in [2.75, 3.05) is 44.8 Å². The first-order valence-corrected chi connectivity index (χ1v) is 12.1. The Balaban J connectivity index is 1.25. The summed E-state index contributed by atoms with van der Waals surface area (Å²) >= 11 is 0. The molecule has 0 radical (unpaired) electrons. The molecule has 3 aliphatic heterocycles. The Hall–Kier alpha value is -3.50. The van der Waals surface area contributed by atoms with E-state index in [2.05, 4.69) is 15.5 Å². The quantitative estimate of drug-likeness (QED) is 0.538. The van der Waals surface area contributed by atoms with Crippen LogP contribution in [0.3, 0.4) is 0 Å². The highest BCUT2D eigenvalue weighted by atomic mass is 19.1. The van der Waals surface area contributed by atoms with E-state index in [1.165, 1.54) is 11.0 Å². The topological polar surface area (TPSA) is 100 Å². The van der Waals surface area contributed by atoms with E-state index in [9.17, 15) is 18.8 Å². The molecule has 36 heavy (non-hydrogen) atoms. The number of nitrogens with one attached hydrogen (secondary N) is 2. The number of amides is 3. The molecule has 0 bridgehead atoms. The van der Waals surface area contributed by atoms with E-state index in [1.807, 2.05) is 0 Å². The van der Waals surface area contributed by atoms with Crippen LogP contribution in [0.2, 0.25) is 0 Å². The number of rotatable bonds is 8. The summed E-state index contributed by atoms with van der Waals surface area (Å²) in [6.07, 6.45) is -0.0751. The van der Waals surface area contributed by atoms with Gasteiger partial charge >= 0.3 is 0 Å². The minimum Gasteiger partial charge on any atom is -0.492 e. The fraction of sp³-hybridized carbons (Fsp3) is 0.423. The molecule has 2 aromatic carbocycles. The maximum atomic E-state index is 14.6. The highest BCUT2D eigenvalue weighted by Gasteiger charge is 2.39. The minimum absolute atomic E-state index is 0.00932. The van der Waals surface area contributed by atoms with Crippen LogP contribution in [0.25, 0.3) is 0 Å². The van der Waals surface area contributed by atoms with Crippen molar-refractivity contribution >= 4 is 23.4 Å². The maximum Gasteiger partial charge on any atom is 0.255 e.